The van der Waals surface area contributed by atoms with Crippen LogP contribution < -0.4 is 4.74 Å². The fraction of sp³-hybridized carbons (Fsp3) is 0.0833. The molecule has 3 aromatic rings. The Bertz CT molecular complexity index is 811. The number of hydrogen-bond donors (Lipinski definition) is 1. The summed E-state index contributed by atoms with van der Waals surface area (Å²) in [5.41, 5.74) is 2.34. The third-order valence-corrected chi connectivity index (χ3v) is 3.31. The Hall–Kier alpha value is -1.92. The van der Waals surface area contributed by atoms with Crippen molar-refractivity contribution in [3.63, 3.8) is 0 Å². The van der Waals surface area contributed by atoms with Gasteiger partial charge in [-0.3, -0.25) is 9.50 Å². The molecule has 7 heteroatoms. The molecule has 0 aliphatic carbocycles. The molecule has 1 N–H and O–H groups in total. The number of ether oxygens (including phenoxy) is 1. The zero-order valence-electron chi connectivity index (χ0n) is 9.92. The summed E-state index contributed by atoms with van der Waals surface area (Å²) in [7, 11) is 1.59. The van der Waals surface area contributed by atoms with Gasteiger partial charge in [-0.1, -0.05) is 11.6 Å². The molecule has 0 unspecified atom stereocenters. The van der Waals surface area contributed by atoms with Gasteiger partial charge in [0.1, 0.15) is 17.8 Å². The Morgan fingerprint density at radius 3 is 3.05 bits per heavy atom. The number of nitrogens with zero attached hydrogens (tertiary/aromatic N) is 3. The van der Waals surface area contributed by atoms with Gasteiger partial charge in [0.2, 0.25) is 0 Å². The minimum atomic E-state index is 0.490. The number of hydrogen-bond acceptors (Lipinski definition) is 4. The van der Waals surface area contributed by atoms with Crippen molar-refractivity contribution < 1.29 is 4.74 Å². The zero-order chi connectivity index (χ0) is 13.4. The number of halogens is 1. The monoisotopic (exact) mass is 292 g/mol. The maximum absolute atomic E-state index is 5.96. The quantitative estimate of drug-likeness (QED) is 0.737. The predicted molar refractivity (Wildman–Crippen MR) is 75.2 cm³/mol. The minimum absolute atomic E-state index is 0.490. The molecule has 19 heavy (non-hydrogen) atoms. The van der Waals surface area contributed by atoms with Crippen molar-refractivity contribution in [3.05, 3.63) is 40.5 Å². The lowest BCUT2D eigenvalue weighted by Crippen LogP contribution is -1.98. The van der Waals surface area contributed by atoms with E-state index in [9.17, 15) is 0 Å². The van der Waals surface area contributed by atoms with Gasteiger partial charge in [0.15, 0.2) is 4.77 Å². The van der Waals surface area contributed by atoms with Crippen molar-refractivity contribution in [1.29, 1.82) is 0 Å². The summed E-state index contributed by atoms with van der Waals surface area (Å²) in [6.45, 7) is 0. The SMILES string of the molecule is COc1cc(Cl)ccc1-c1n[nH]c(=S)n2cncc12. The molecule has 0 atom stereocenters. The number of imidazole rings is 1. The first-order valence-electron chi connectivity index (χ1n) is 5.45. The predicted octanol–water partition coefficient (Wildman–Crippen LogP) is 3.12. The Morgan fingerprint density at radius 1 is 1.42 bits per heavy atom. The summed E-state index contributed by atoms with van der Waals surface area (Å²) in [4.78, 5) is 4.09. The van der Waals surface area contributed by atoms with Crippen LogP contribution in [0, 0.1) is 4.77 Å². The molecule has 0 fully saturated rings. The second kappa shape index (κ2) is 4.64. The van der Waals surface area contributed by atoms with Crippen LogP contribution in [0.3, 0.4) is 0 Å². The fourth-order valence-electron chi connectivity index (χ4n) is 1.91. The normalized spacial score (nSPS) is 10.8. The summed E-state index contributed by atoms with van der Waals surface area (Å²) >= 11 is 11.1. The van der Waals surface area contributed by atoms with Crippen molar-refractivity contribution >= 4 is 29.3 Å². The fourth-order valence-corrected chi connectivity index (χ4v) is 2.26. The van der Waals surface area contributed by atoms with E-state index in [2.05, 4.69) is 15.2 Å². The van der Waals surface area contributed by atoms with Crippen LogP contribution in [0.1, 0.15) is 0 Å². The molecule has 0 radical (unpaired) electrons. The molecule has 2 aromatic heterocycles. The number of aromatic nitrogens is 4. The lowest BCUT2D eigenvalue weighted by atomic mass is 10.1. The highest BCUT2D eigenvalue weighted by atomic mass is 35.5. The molecular formula is C12H9ClN4OS. The smallest absolute Gasteiger partial charge is 0.199 e. The molecule has 2 heterocycles. The molecule has 0 spiro atoms. The first kappa shape index (κ1) is 12.1. The van der Waals surface area contributed by atoms with Gasteiger partial charge in [-0.2, -0.15) is 5.10 Å². The summed E-state index contributed by atoms with van der Waals surface area (Å²) < 4.78 is 7.59. The number of benzene rings is 1. The summed E-state index contributed by atoms with van der Waals surface area (Å²) in [6, 6.07) is 5.38. The maximum Gasteiger partial charge on any atom is 0.199 e. The van der Waals surface area contributed by atoms with Gasteiger partial charge in [-0.15, -0.1) is 0 Å². The van der Waals surface area contributed by atoms with E-state index in [1.165, 1.54) is 0 Å². The highest BCUT2D eigenvalue weighted by molar-refractivity contribution is 7.71. The van der Waals surface area contributed by atoms with Crippen LogP contribution in [0.2, 0.25) is 5.02 Å². The Kier molecular flexibility index (Phi) is 2.96. The third-order valence-electron chi connectivity index (χ3n) is 2.78. The topological polar surface area (TPSA) is 55.2 Å². The number of rotatable bonds is 2. The van der Waals surface area contributed by atoms with Crippen LogP contribution in [0.4, 0.5) is 0 Å². The van der Waals surface area contributed by atoms with E-state index in [1.807, 2.05) is 6.07 Å². The van der Waals surface area contributed by atoms with Crippen LogP contribution in [0.5, 0.6) is 5.75 Å². The van der Waals surface area contributed by atoms with E-state index in [1.54, 1.807) is 36.2 Å². The van der Waals surface area contributed by atoms with Gasteiger partial charge >= 0.3 is 0 Å². The Labute approximate surface area is 118 Å². The average molecular weight is 293 g/mol. The Morgan fingerprint density at radius 2 is 2.26 bits per heavy atom. The first-order chi connectivity index (χ1) is 9.20. The maximum atomic E-state index is 5.96. The zero-order valence-corrected chi connectivity index (χ0v) is 11.5. The van der Waals surface area contributed by atoms with E-state index < -0.39 is 0 Å². The van der Waals surface area contributed by atoms with Gasteiger partial charge in [-0.05, 0) is 30.4 Å². The van der Waals surface area contributed by atoms with Crippen LogP contribution in [0.25, 0.3) is 16.8 Å². The van der Waals surface area contributed by atoms with Crippen LogP contribution >= 0.6 is 23.8 Å². The summed E-state index contributed by atoms with van der Waals surface area (Å²) in [5.74, 6) is 0.647. The number of fused-ring (bicyclic) bond motifs is 1. The van der Waals surface area contributed by atoms with Crippen molar-refractivity contribution in [2.75, 3.05) is 7.11 Å². The third kappa shape index (κ3) is 1.98. The van der Waals surface area contributed by atoms with Gasteiger partial charge in [-0.25, -0.2) is 4.98 Å². The second-order valence-corrected chi connectivity index (χ2v) is 4.69. The standard InChI is InChI=1S/C12H9ClN4OS/c1-18-10-4-7(13)2-3-8(10)11-9-5-14-6-17(9)12(19)16-15-11/h2-6H,1H3,(H,16,19). The molecule has 0 aliphatic heterocycles. The molecule has 0 saturated heterocycles. The Balaban J connectivity index is 2.33. The average Bonchev–Trinajstić information content (AvgIpc) is 2.90. The molecule has 0 amide bonds. The molecule has 96 valence electrons. The number of aromatic amines is 1. The molecule has 5 nitrogen and oxygen atoms in total. The highest BCUT2D eigenvalue weighted by Crippen LogP contribution is 2.32. The van der Waals surface area contributed by atoms with Crippen LogP contribution in [-0.4, -0.2) is 26.7 Å². The lowest BCUT2D eigenvalue weighted by Gasteiger charge is -2.09. The van der Waals surface area contributed by atoms with E-state index in [4.69, 9.17) is 28.6 Å². The first-order valence-corrected chi connectivity index (χ1v) is 6.24. The number of H-pyrrole nitrogens is 1. The van der Waals surface area contributed by atoms with Crippen molar-refractivity contribution in [2.24, 2.45) is 0 Å². The summed E-state index contributed by atoms with van der Waals surface area (Å²) in [5, 5.41) is 7.67. The van der Waals surface area contributed by atoms with E-state index in [0.29, 0.717) is 21.2 Å². The molecule has 3 rings (SSSR count). The number of methoxy groups -OCH3 is 1. The molecule has 1 aromatic carbocycles. The van der Waals surface area contributed by atoms with Crippen molar-refractivity contribution in [2.45, 2.75) is 0 Å². The van der Waals surface area contributed by atoms with Crippen molar-refractivity contribution in [1.82, 2.24) is 19.6 Å². The van der Waals surface area contributed by atoms with E-state index >= 15 is 0 Å². The minimum Gasteiger partial charge on any atom is -0.496 e. The van der Waals surface area contributed by atoms with E-state index in [-0.39, 0.29) is 0 Å². The van der Waals surface area contributed by atoms with E-state index in [0.717, 1.165) is 11.1 Å². The van der Waals surface area contributed by atoms with Crippen LogP contribution in [0.15, 0.2) is 30.7 Å². The largest absolute Gasteiger partial charge is 0.496 e. The number of nitrogens with one attached hydrogen (secondary N) is 1. The molecule has 0 bridgehead atoms. The van der Waals surface area contributed by atoms with Crippen LogP contribution in [-0.2, 0) is 0 Å². The van der Waals surface area contributed by atoms with Gasteiger partial charge in [0.05, 0.1) is 18.8 Å². The molecular weight excluding hydrogens is 284 g/mol. The van der Waals surface area contributed by atoms with Crippen molar-refractivity contribution in [3.8, 4) is 17.0 Å². The summed E-state index contributed by atoms with van der Waals surface area (Å²) in [6.07, 6.45) is 3.35. The highest BCUT2D eigenvalue weighted by Gasteiger charge is 2.13. The second-order valence-electron chi connectivity index (χ2n) is 3.87. The van der Waals surface area contributed by atoms with Gasteiger partial charge in [0, 0.05) is 10.6 Å². The lowest BCUT2D eigenvalue weighted by molar-refractivity contribution is 0.416. The van der Waals surface area contributed by atoms with Gasteiger partial charge < -0.3 is 4.74 Å². The van der Waals surface area contributed by atoms with Gasteiger partial charge in [0.25, 0.3) is 0 Å². The molecule has 0 aliphatic rings. The molecule has 0 saturated carbocycles.